The number of benzene rings is 2. The molecule has 0 aliphatic carbocycles. The summed E-state index contributed by atoms with van der Waals surface area (Å²) in [5.74, 6) is -0.562. The van der Waals surface area contributed by atoms with E-state index < -0.39 is 11.6 Å². The summed E-state index contributed by atoms with van der Waals surface area (Å²) in [6.07, 6.45) is 6.33. The summed E-state index contributed by atoms with van der Waals surface area (Å²) in [7, 11) is 1.84. The van der Waals surface area contributed by atoms with Crippen LogP contribution in [-0.4, -0.2) is 44.1 Å². The summed E-state index contributed by atoms with van der Waals surface area (Å²) in [6, 6.07) is 8.10. The number of anilines is 2. The number of hydrogen-bond acceptors (Lipinski definition) is 7. The summed E-state index contributed by atoms with van der Waals surface area (Å²) in [5.41, 5.74) is 2.20. The molecule has 0 radical (unpaired) electrons. The van der Waals surface area contributed by atoms with Gasteiger partial charge < -0.3 is 14.8 Å². The molecule has 3 aromatic heterocycles. The minimum Gasteiger partial charge on any atom is -0.489 e. The van der Waals surface area contributed by atoms with Gasteiger partial charge in [0, 0.05) is 42.4 Å². The summed E-state index contributed by atoms with van der Waals surface area (Å²) >= 11 is 0. The summed E-state index contributed by atoms with van der Waals surface area (Å²) in [6.45, 7) is 3.21. The van der Waals surface area contributed by atoms with Gasteiger partial charge in [-0.15, -0.1) is 0 Å². The molecule has 36 heavy (non-hydrogen) atoms. The molecular weight excluding hydrogens is 466 g/mol. The van der Waals surface area contributed by atoms with Gasteiger partial charge in [-0.05, 0) is 36.8 Å². The van der Waals surface area contributed by atoms with Crippen molar-refractivity contribution >= 4 is 33.3 Å². The molecule has 10 heteroatoms. The van der Waals surface area contributed by atoms with Crippen molar-refractivity contribution < 1.29 is 18.3 Å². The number of ether oxygens (including phenoxy) is 2. The van der Waals surface area contributed by atoms with Gasteiger partial charge in [0.1, 0.15) is 29.7 Å². The van der Waals surface area contributed by atoms with E-state index in [0.717, 1.165) is 11.1 Å². The zero-order chi connectivity index (χ0) is 24.8. The van der Waals surface area contributed by atoms with E-state index in [-0.39, 0.29) is 34.4 Å². The first-order valence-corrected chi connectivity index (χ1v) is 11.5. The van der Waals surface area contributed by atoms with Gasteiger partial charge in [0.2, 0.25) is 0 Å². The number of rotatable bonds is 6. The van der Waals surface area contributed by atoms with E-state index in [1.807, 2.05) is 32.3 Å². The minimum atomic E-state index is -0.778. The lowest BCUT2D eigenvalue weighted by atomic mass is 10.0. The molecule has 1 atom stereocenters. The Morgan fingerprint density at radius 2 is 1.97 bits per heavy atom. The Morgan fingerprint density at radius 1 is 1.11 bits per heavy atom. The van der Waals surface area contributed by atoms with Gasteiger partial charge in [-0.2, -0.15) is 5.10 Å². The normalized spacial score (nSPS) is 14.7. The molecule has 0 amide bonds. The second-order valence-corrected chi connectivity index (χ2v) is 8.86. The van der Waals surface area contributed by atoms with Crippen molar-refractivity contribution in [3.63, 3.8) is 0 Å². The van der Waals surface area contributed by atoms with E-state index in [9.17, 15) is 4.39 Å². The molecule has 1 N–H and O–H groups in total. The van der Waals surface area contributed by atoms with Gasteiger partial charge >= 0.3 is 0 Å². The molecule has 1 aliphatic rings. The van der Waals surface area contributed by atoms with Crippen LogP contribution in [-0.2, 0) is 11.8 Å². The Bertz CT molecular complexity index is 1600. The fraction of sp³-hybridized carbons (Fsp3) is 0.231. The van der Waals surface area contributed by atoms with Crippen LogP contribution >= 0.6 is 0 Å². The number of pyridine rings is 1. The third-order valence-corrected chi connectivity index (χ3v) is 6.42. The Hall–Kier alpha value is -4.18. The Kier molecular flexibility index (Phi) is 5.45. The van der Waals surface area contributed by atoms with E-state index in [1.54, 1.807) is 23.0 Å². The number of nitrogens with one attached hydrogen (secondary N) is 1. The number of aromatic nitrogens is 5. The molecule has 5 aromatic rings. The van der Waals surface area contributed by atoms with Crippen molar-refractivity contribution in [2.45, 2.75) is 13.0 Å². The molecule has 0 saturated carbocycles. The Morgan fingerprint density at radius 3 is 2.72 bits per heavy atom. The highest BCUT2D eigenvalue weighted by molar-refractivity contribution is 5.99. The molecule has 8 nitrogen and oxygen atoms in total. The molecule has 182 valence electrons. The average Bonchev–Trinajstić information content (AvgIpc) is 3.26. The predicted molar refractivity (Wildman–Crippen MR) is 131 cm³/mol. The van der Waals surface area contributed by atoms with Gasteiger partial charge in [-0.25, -0.2) is 18.7 Å². The fourth-order valence-corrected chi connectivity index (χ4v) is 4.28. The second kappa shape index (κ2) is 8.80. The highest BCUT2D eigenvalue weighted by Crippen LogP contribution is 2.38. The third kappa shape index (κ3) is 3.89. The van der Waals surface area contributed by atoms with Crippen LogP contribution in [0.4, 0.5) is 20.3 Å². The summed E-state index contributed by atoms with van der Waals surface area (Å²) in [5, 5.41) is 7.84. The van der Waals surface area contributed by atoms with Gasteiger partial charge in [-0.1, -0.05) is 0 Å². The van der Waals surface area contributed by atoms with Crippen molar-refractivity contribution in [1.29, 1.82) is 0 Å². The lowest BCUT2D eigenvalue weighted by Gasteiger charge is -2.32. The number of hydrogen-bond donors (Lipinski definition) is 1. The quantitative estimate of drug-likeness (QED) is 0.359. The van der Waals surface area contributed by atoms with Crippen LogP contribution in [0.3, 0.4) is 0 Å². The zero-order valence-electron chi connectivity index (χ0n) is 19.6. The molecule has 0 bridgehead atoms. The van der Waals surface area contributed by atoms with Gasteiger partial charge in [0.05, 0.1) is 35.8 Å². The van der Waals surface area contributed by atoms with Crippen LogP contribution in [0.15, 0.2) is 55.2 Å². The maximum absolute atomic E-state index is 15.3. The number of fused-ring (bicyclic) bond motifs is 2. The smallest absolute Gasteiger partial charge is 0.159 e. The van der Waals surface area contributed by atoms with Crippen LogP contribution in [0.1, 0.15) is 6.92 Å². The predicted octanol–water partition coefficient (Wildman–Crippen LogP) is 5.01. The van der Waals surface area contributed by atoms with Gasteiger partial charge in [-0.3, -0.25) is 9.67 Å². The van der Waals surface area contributed by atoms with Gasteiger partial charge in [0.15, 0.2) is 11.6 Å². The number of nitrogens with zero attached hydrogens (tertiary/aromatic N) is 5. The lowest BCUT2D eigenvalue weighted by Crippen LogP contribution is -2.39. The second-order valence-electron chi connectivity index (χ2n) is 8.86. The highest BCUT2D eigenvalue weighted by atomic mass is 19.1. The average molecular weight is 488 g/mol. The van der Waals surface area contributed by atoms with Crippen molar-refractivity contribution in [1.82, 2.24) is 24.7 Å². The Labute approximate surface area is 204 Å². The van der Waals surface area contributed by atoms with E-state index in [0.29, 0.717) is 29.9 Å². The molecule has 1 fully saturated rings. The first-order chi connectivity index (χ1) is 17.5. The van der Waals surface area contributed by atoms with Crippen LogP contribution in [0.25, 0.3) is 32.9 Å². The van der Waals surface area contributed by atoms with E-state index in [1.165, 1.54) is 18.6 Å². The maximum atomic E-state index is 15.3. The topological polar surface area (TPSA) is 87.0 Å². The minimum absolute atomic E-state index is 0.153. The van der Waals surface area contributed by atoms with Crippen molar-refractivity contribution in [2.75, 3.05) is 18.5 Å². The zero-order valence-corrected chi connectivity index (χ0v) is 19.6. The monoisotopic (exact) mass is 488 g/mol. The standard InChI is InChI=1S/C26H22F2N6O2/c1-14(17-11-35-12-17)36-22-7-15(16-9-32-34(2)10-16)6-21-23(22)26(31-13-30-21)33-25-19(27)8-20-18(24(25)28)4-3-5-29-20/h3-10,13-14,17H,11-12H2,1-2H3,(H,30,31,33). The number of aryl methyl sites for hydroxylation is 1. The Balaban J connectivity index is 1.50. The molecule has 1 unspecified atom stereocenters. The van der Waals surface area contributed by atoms with E-state index in [4.69, 9.17) is 9.47 Å². The molecule has 4 heterocycles. The van der Waals surface area contributed by atoms with Crippen LogP contribution < -0.4 is 10.1 Å². The summed E-state index contributed by atoms with van der Waals surface area (Å²) < 4.78 is 43.7. The molecule has 1 saturated heterocycles. The first-order valence-electron chi connectivity index (χ1n) is 11.5. The highest BCUT2D eigenvalue weighted by Gasteiger charge is 2.28. The van der Waals surface area contributed by atoms with Gasteiger partial charge in [0.25, 0.3) is 0 Å². The van der Waals surface area contributed by atoms with Crippen LogP contribution in [0.2, 0.25) is 0 Å². The van der Waals surface area contributed by atoms with Crippen LogP contribution in [0, 0.1) is 17.6 Å². The molecular formula is C26H22F2N6O2. The van der Waals surface area contributed by atoms with Crippen LogP contribution in [0.5, 0.6) is 5.75 Å². The molecule has 6 rings (SSSR count). The van der Waals surface area contributed by atoms with Crippen molar-refractivity contribution in [2.24, 2.45) is 13.0 Å². The molecule has 1 aliphatic heterocycles. The van der Waals surface area contributed by atoms with E-state index in [2.05, 4.69) is 25.4 Å². The SMILES string of the molecule is CC(Oc1cc(-c2cnn(C)c2)cc2ncnc(Nc3c(F)cc4ncccc4c3F)c12)C1COC1. The molecule has 0 spiro atoms. The van der Waals surface area contributed by atoms with Crippen molar-refractivity contribution in [3.8, 4) is 16.9 Å². The summed E-state index contributed by atoms with van der Waals surface area (Å²) in [4.78, 5) is 12.8. The lowest BCUT2D eigenvalue weighted by molar-refractivity contribution is -0.0773. The largest absolute Gasteiger partial charge is 0.489 e. The van der Waals surface area contributed by atoms with E-state index >= 15 is 4.39 Å². The fourth-order valence-electron chi connectivity index (χ4n) is 4.28. The molecule has 2 aromatic carbocycles. The maximum Gasteiger partial charge on any atom is 0.159 e. The third-order valence-electron chi connectivity index (χ3n) is 6.42. The number of halogens is 2. The van der Waals surface area contributed by atoms with Crippen molar-refractivity contribution in [3.05, 3.63) is 66.9 Å². The first kappa shape index (κ1) is 22.3.